The molecule has 0 radical (unpaired) electrons. The van der Waals surface area contributed by atoms with E-state index in [1.165, 1.54) is 24.3 Å². The Morgan fingerprint density at radius 2 is 1.51 bits per heavy atom. The Kier molecular flexibility index (Phi) is 7.27. The molecule has 0 amide bonds. The van der Waals surface area contributed by atoms with Gasteiger partial charge in [0.2, 0.25) is 0 Å². The van der Waals surface area contributed by atoms with Crippen LogP contribution >= 0.6 is 0 Å². The van der Waals surface area contributed by atoms with Gasteiger partial charge in [0, 0.05) is 24.5 Å². The van der Waals surface area contributed by atoms with Gasteiger partial charge in [-0.25, -0.2) is 22.5 Å². The summed E-state index contributed by atoms with van der Waals surface area (Å²) in [5.74, 6) is -1.37. The molecular weight excluding hydrogens is 543 g/mol. The number of aliphatic hydroxyl groups excluding tert-OH is 1. The topological polar surface area (TPSA) is 97.7 Å². The molecule has 2 aliphatic heterocycles. The number of hydrogen-bond donors (Lipinski definition) is 4. The maximum atomic E-state index is 14.1. The van der Waals surface area contributed by atoms with Crippen LogP contribution < -0.4 is 19.7 Å². The molecule has 4 unspecified atom stereocenters. The number of aryl methyl sites for hydroxylation is 2. The zero-order valence-corrected chi connectivity index (χ0v) is 21.2. The quantitative estimate of drug-likeness (QED) is 0.342. The summed E-state index contributed by atoms with van der Waals surface area (Å²) < 4.78 is 93.8. The van der Waals surface area contributed by atoms with Crippen molar-refractivity contribution in [2.24, 2.45) is 0 Å². The Bertz CT molecular complexity index is 1410. The van der Waals surface area contributed by atoms with Crippen LogP contribution in [0.5, 0.6) is 5.75 Å². The molecule has 1 saturated heterocycles. The smallest absolute Gasteiger partial charge is 0.406 e. The highest BCUT2D eigenvalue weighted by Crippen LogP contribution is 2.39. The lowest BCUT2D eigenvalue weighted by molar-refractivity contribution is -0.274. The van der Waals surface area contributed by atoms with E-state index >= 15 is 0 Å². The van der Waals surface area contributed by atoms with E-state index in [4.69, 9.17) is 4.78 Å². The van der Waals surface area contributed by atoms with Gasteiger partial charge in [0.15, 0.2) is 0 Å². The highest BCUT2D eigenvalue weighted by atomic mass is 32.2. The van der Waals surface area contributed by atoms with Gasteiger partial charge in [0.25, 0.3) is 0 Å². The first-order valence-corrected chi connectivity index (χ1v) is 13.6. The molecule has 3 aromatic rings. The molecule has 5 rings (SSSR count). The second kappa shape index (κ2) is 10.4. The van der Waals surface area contributed by atoms with Gasteiger partial charge in [-0.2, -0.15) is 0 Å². The third kappa shape index (κ3) is 5.86. The van der Waals surface area contributed by atoms with Gasteiger partial charge >= 0.3 is 6.36 Å². The molecule has 7 nitrogen and oxygen atoms in total. The van der Waals surface area contributed by atoms with Crippen LogP contribution in [-0.4, -0.2) is 47.0 Å². The molecule has 0 spiro atoms. The molecule has 0 aliphatic carbocycles. The van der Waals surface area contributed by atoms with Gasteiger partial charge in [0.1, 0.15) is 27.3 Å². The number of rotatable bonds is 5. The molecule has 208 valence electrons. The molecular formula is C26H25F5N4O3S. The van der Waals surface area contributed by atoms with E-state index in [2.05, 4.69) is 14.8 Å². The van der Waals surface area contributed by atoms with Crippen LogP contribution in [0.25, 0.3) is 0 Å². The first kappa shape index (κ1) is 27.3. The lowest BCUT2D eigenvalue weighted by Gasteiger charge is -2.43. The van der Waals surface area contributed by atoms with Crippen LogP contribution in [0.3, 0.4) is 0 Å². The van der Waals surface area contributed by atoms with E-state index in [0.717, 1.165) is 24.3 Å². The maximum absolute atomic E-state index is 14.1. The van der Waals surface area contributed by atoms with Crippen molar-refractivity contribution >= 4 is 21.3 Å². The van der Waals surface area contributed by atoms with E-state index in [-0.39, 0.29) is 18.0 Å². The van der Waals surface area contributed by atoms with E-state index in [0.29, 0.717) is 35.3 Å². The van der Waals surface area contributed by atoms with E-state index in [1.807, 2.05) is 4.90 Å². The molecule has 1 fully saturated rings. The number of nitrogens with zero attached hydrogens (tertiary/aromatic N) is 1. The predicted octanol–water partition coefficient (Wildman–Crippen LogP) is 4.41. The summed E-state index contributed by atoms with van der Waals surface area (Å²) in [5.41, 5.74) is 2.64. The van der Waals surface area contributed by atoms with Crippen molar-refractivity contribution in [2.75, 3.05) is 18.0 Å². The first-order chi connectivity index (χ1) is 18.4. The monoisotopic (exact) mass is 568 g/mol. The molecule has 4 N–H and O–H groups in total. The van der Waals surface area contributed by atoms with Gasteiger partial charge < -0.3 is 20.1 Å². The third-order valence-corrected chi connectivity index (χ3v) is 8.40. The van der Waals surface area contributed by atoms with Crippen LogP contribution in [0.4, 0.5) is 33.3 Å². The largest absolute Gasteiger partial charge is 0.573 e. The fourth-order valence-electron chi connectivity index (χ4n) is 5.10. The normalized spacial score (nSPS) is 22.8. The summed E-state index contributed by atoms with van der Waals surface area (Å²) in [7, 11) is -3.75. The molecule has 0 aromatic heterocycles. The summed E-state index contributed by atoms with van der Waals surface area (Å²) in [5, 5.41) is 14.6. The molecule has 39 heavy (non-hydrogen) atoms. The van der Waals surface area contributed by atoms with Crippen molar-refractivity contribution in [1.29, 1.82) is 4.78 Å². The molecule has 2 aliphatic rings. The van der Waals surface area contributed by atoms with Gasteiger partial charge in [-0.15, -0.1) is 13.2 Å². The second-order valence-corrected chi connectivity index (χ2v) is 11.3. The maximum Gasteiger partial charge on any atom is 0.573 e. The number of aliphatic hydroxyl groups is 1. The summed E-state index contributed by atoms with van der Waals surface area (Å²) in [6.45, 7) is 0.416. The number of halogens is 5. The number of ether oxygens (including phenoxy) is 1. The Hall–Kier alpha value is -3.26. The van der Waals surface area contributed by atoms with Crippen LogP contribution in [0.15, 0.2) is 65.6 Å². The van der Waals surface area contributed by atoms with Crippen molar-refractivity contribution in [3.05, 3.63) is 83.4 Å². The molecule has 3 aromatic carbocycles. The second-order valence-electron chi connectivity index (χ2n) is 9.43. The zero-order chi connectivity index (χ0) is 27.9. The minimum absolute atomic E-state index is 0.0947. The highest BCUT2D eigenvalue weighted by molar-refractivity contribution is 7.90. The van der Waals surface area contributed by atoms with Crippen LogP contribution in [0.1, 0.15) is 11.1 Å². The number of piperidine rings is 1. The lowest BCUT2D eigenvalue weighted by Crippen LogP contribution is -2.64. The Balaban J connectivity index is 1.44. The van der Waals surface area contributed by atoms with Crippen molar-refractivity contribution < 1.29 is 36.0 Å². The Morgan fingerprint density at radius 3 is 2.05 bits per heavy atom. The first-order valence-electron chi connectivity index (χ1n) is 12.1. The SMILES string of the molecule is N=S(=O)(NC1CNCC(N2c3ccc(F)cc3CCc3cc(F)ccc32)C1O)c1ccc(OC(F)(F)F)cc1. The average molecular weight is 569 g/mol. The van der Waals surface area contributed by atoms with Crippen molar-refractivity contribution in [3.63, 3.8) is 0 Å². The molecule has 2 heterocycles. The fraction of sp³-hybridized carbons (Fsp3) is 0.308. The molecule has 4 atom stereocenters. The van der Waals surface area contributed by atoms with Crippen LogP contribution in [-0.2, 0) is 22.8 Å². The predicted molar refractivity (Wildman–Crippen MR) is 134 cm³/mol. The highest BCUT2D eigenvalue weighted by Gasteiger charge is 2.40. The minimum Gasteiger partial charge on any atom is -0.406 e. The number of alkyl halides is 3. The summed E-state index contributed by atoms with van der Waals surface area (Å²) in [6, 6.07) is 11.1. The van der Waals surface area contributed by atoms with Gasteiger partial charge in [-0.3, -0.25) is 0 Å². The Labute approximate surface area is 221 Å². The lowest BCUT2D eigenvalue weighted by atomic mass is 9.96. The van der Waals surface area contributed by atoms with Crippen LogP contribution in [0.2, 0.25) is 0 Å². The standard InChI is InChI=1S/C26H25F5N4O3S/c27-17-3-9-22-15(11-17)1-2-16-12-18(28)4-10-23(16)35(22)24-14-33-13-21(25(24)36)34-39(32,37)20-7-5-19(6-8-20)38-26(29,30)31/h3-12,21,24-25,33,36H,1-2,13-14H2,(H2,32,34,37). The van der Waals surface area contributed by atoms with Gasteiger partial charge in [-0.1, -0.05) is 0 Å². The minimum atomic E-state index is -4.89. The van der Waals surface area contributed by atoms with E-state index < -0.39 is 51.8 Å². The number of hydrogen-bond acceptors (Lipinski definition) is 6. The average Bonchev–Trinajstić information content (AvgIpc) is 3.01. The summed E-state index contributed by atoms with van der Waals surface area (Å²) >= 11 is 0. The van der Waals surface area contributed by atoms with Gasteiger partial charge in [0.05, 0.1) is 23.1 Å². The van der Waals surface area contributed by atoms with E-state index in [1.54, 1.807) is 12.1 Å². The number of fused-ring (bicyclic) bond motifs is 2. The number of anilines is 2. The van der Waals surface area contributed by atoms with Crippen molar-refractivity contribution in [3.8, 4) is 5.75 Å². The third-order valence-electron chi connectivity index (χ3n) is 6.83. The van der Waals surface area contributed by atoms with Crippen molar-refractivity contribution in [1.82, 2.24) is 10.0 Å². The van der Waals surface area contributed by atoms with E-state index in [9.17, 15) is 31.3 Å². The zero-order valence-electron chi connectivity index (χ0n) is 20.3. The fourth-order valence-corrected chi connectivity index (χ4v) is 6.41. The molecule has 13 heteroatoms. The van der Waals surface area contributed by atoms with Crippen molar-refractivity contribution in [2.45, 2.75) is 42.3 Å². The summed E-state index contributed by atoms with van der Waals surface area (Å²) in [4.78, 5) is 1.72. The van der Waals surface area contributed by atoms with Crippen LogP contribution in [0, 0.1) is 16.4 Å². The van der Waals surface area contributed by atoms with Gasteiger partial charge in [-0.05, 0) is 84.6 Å². The Morgan fingerprint density at radius 1 is 0.949 bits per heavy atom. The molecule has 0 bridgehead atoms. The molecule has 0 saturated carbocycles. The summed E-state index contributed by atoms with van der Waals surface area (Å²) in [6.07, 6.45) is -5.19. The number of benzene rings is 3. The number of nitrogens with one attached hydrogen (secondary N) is 3.